The lowest BCUT2D eigenvalue weighted by Gasteiger charge is -2.58. The maximum atomic E-state index is 13.0. The molecule has 2 aliphatic heterocycles. The highest BCUT2D eigenvalue weighted by molar-refractivity contribution is 6.79. The molecular formula is C78H158O10Si6. The van der Waals surface area contributed by atoms with E-state index in [0.29, 0.717) is 42.3 Å². The van der Waals surface area contributed by atoms with E-state index < -0.39 is 67.9 Å². The van der Waals surface area contributed by atoms with Crippen molar-refractivity contribution in [1.29, 1.82) is 0 Å². The van der Waals surface area contributed by atoms with Crippen LogP contribution in [0.25, 0.3) is 0 Å². The quantitative estimate of drug-likeness (QED) is 0.0333. The van der Waals surface area contributed by atoms with Crippen molar-refractivity contribution in [3.8, 4) is 0 Å². The van der Waals surface area contributed by atoms with Gasteiger partial charge in [0.2, 0.25) is 0 Å². The molecule has 0 radical (unpaired) electrons. The second-order valence-corrected chi connectivity index (χ2v) is 62.6. The number of rotatable bonds is 47. The topological polar surface area (TPSA) is 100 Å². The Kier molecular flexibility index (Phi) is 39.2. The van der Waals surface area contributed by atoms with E-state index in [4.69, 9.17) is 47.3 Å². The number of allylic oxidation sites excluding steroid dienone is 3. The van der Waals surface area contributed by atoms with Crippen LogP contribution in [0.4, 0.5) is 0 Å². The molecule has 2 fully saturated rings. The Morgan fingerprint density at radius 1 is 0.574 bits per heavy atom. The van der Waals surface area contributed by atoms with Crippen LogP contribution in [0.15, 0.2) is 36.5 Å². The Hall–Kier alpha value is -0.329. The molecule has 0 amide bonds. The monoisotopic (exact) mass is 1420 g/mol. The summed E-state index contributed by atoms with van der Waals surface area (Å²) in [6.07, 6.45) is 24.1. The molecule has 2 aliphatic rings. The van der Waals surface area contributed by atoms with Gasteiger partial charge in [-0.25, -0.2) is 0 Å². The van der Waals surface area contributed by atoms with Gasteiger partial charge in [-0.1, -0.05) is 241 Å². The first-order chi connectivity index (χ1) is 43.8. The molecule has 554 valence electrons. The molecule has 0 aromatic heterocycles. The zero-order chi connectivity index (χ0) is 71.7. The molecule has 0 spiro atoms. The molecule has 0 aromatic carbocycles. The smallest absolute Gasteiger partial charge is 0.292 e. The lowest BCUT2D eigenvalue weighted by atomic mass is 9.78. The molecular weight excluding hydrogens is 1270 g/mol. The SMILES string of the molecule is C=C(C[C@@H](/C=C/CC)O[Si](C)(C)C(C)(C)C)C[C@H]1O[C@@H]([C@H](O[Si](CC)(CC)CC)[C@@]2(OC)C[C@H](O[Si](C)(C)C(C)(C)C)[C@H](C)[C@@H](CCC/C=C/CCCCCCCCCCC(=O)O[Si](C(C)C)(C(C)C)C(C)C)O2)[C@@H](C)[C@@H](O[Si](CC)(CC)CC)[C@H]1O[Si](CC)(CC)CC. The summed E-state index contributed by atoms with van der Waals surface area (Å²) in [5.41, 5.74) is 2.39. The van der Waals surface area contributed by atoms with Crippen LogP contribution >= 0.6 is 0 Å². The van der Waals surface area contributed by atoms with Crippen LogP contribution in [0, 0.1) is 11.8 Å². The summed E-state index contributed by atoms with van der Waals surface area (Å²) in [5.74, 6) is -1.13. The third-order valence-corrected chi connectivity index (χ3v) is 53.6. The fraction of sp³-hybridized carbons (Fsp3) is 0.910. The maximum absolute atomic E-state index is 13.0. The second-order valence-electron chi connectivity index (χ2n) is 33.6. The van der Waals surface area contributed by atoms with Crippen LogP contribution in [0.5, 0.6) is 0 Å². The number of hydrogen-bond donors (Lipinski definition) is 0. The van der Waals surface area contributed by atoms with Crippen LogP contribution in [-0.2, 0) is 45.6 Å². The summed E-state index contributed by atoms with van der Waals surface area (Å²) in [7, 11) is -11.7. The lowest BCUT2D eigenvalue weighted by Crippen LogP contribution is -2.70. The number of hydrogen-bond acceptors (Lipinski definition) is 10. The predicted octanol–water partition coefficient (Wildman–Crippen LogP) is 24.8. The average Bonchev–Trinajstić information content (AvgIpc) is 0.737. The van der Waals surface area contributed by atoms with Crippen LogP contribution in [-0.4, -0.2) is 118 Å². The molecule has 11 atom stereocenters. The molecule has 2 heterocycles. The van der Waals surface area contributed by atoms with Gasteiger partial charge in [0.25, 0.3) is 14.3 Å². The van der Waals surface area contributed by atoms with E-state index in [1.54, 1.807) is 0 Å². The summed E-state index contributed by atoms with van der Waals surface area (Å²) in [5, 5.41) is 0.0698. The Bertz CT molecular complexity index is 2130. The van der Waals surface area contributed by atoms with Gasteiger partial charge in [0, 0.05) is 31.8 Å². The van der Waals surface area contributed by atoms with Crippen molar-refractivity contribution >= 4 is 55.9 Å². The molecule has 0 unspecified atom stereocenters. The molecule has 2 saturated heterocycles. The van der Waals surface area contributed by atoms with Crippen molar-refractivity contribution in [2.75, 3.05) is 7.11 Å². The number of ether oxygens (including phenoxy) is 3. The van der Waals surface area contributed by atoms with Gasteiger partial charge in [0.05, 0.1) is 42.7 Å². The molecule has 0 bridgehead atoms. The largest absolute Gasteiger partial charge is 0.518 e. The zero-order valence-electron chi connectivity index (χ0n) is 67.5. The van der Waals surface area contributed by atoms with Gasteiger partial charge < -0.3 is 40.8 Å². The Morgan fingerprint density at radius 2 is 1.03 bits per heavy atom. The van der Waals surface area contributed by atoms with Gasteiger partial charge in [-0.2, -0.15) is 0 Å². The first kappa shape index (κ1) is 89.8. The Morgan fingerprint density at radius 3 is 1.48 bits per heavy atom. The van der Waals surface area contributed by atoms with Gasteiger partial charge in [0.1, 0.15) is 6.10 Å². The minimum Gasteiger partial charge on any atom is -0.518 e. The maximum Gasteiger partial charge on any atom is 0.292 e. The Balaban J connectivity index is 2.69. The van der Waals surface area contributed by atoms with Crippen molar-refractivity contribution in [3.63, 3.8) is 0 Å². The minimum absolute atomic E-state index is 0.00701. The first-order valence-corrected chi connectivity index (χ1v) is 54.9. The van der Waals surface area contributed by atoms with E-state index in [9.17, 15) is 4.79 Å². The molecule has 16 heteroatoms. The van der Waals surface area contributed by atoms with Crippen molar-refractivity contribution < 1.29 is 45.6 Å². The van der Waals surface area contributed by atoms with Gasteiger partial charge in [-0.3, -0.25) is 4.79 Å². The normalized spacial score (nSPS) is 24.2. The number of methoxy groups -OCH3 is 1. The fourth-order valence-corrected chi connectivity index (χ4v) is 31.8. The second kappa shape index (κ2) is 41.1. The first-order valence-electron chi connectivity index (χ1n) is 39.3. The van der Waals surface area contributed by atoms with Gasteiger partial charge in [-0.15, -0.1) is 0 Å². The van der Waals surface area contributed by atoms with E-state index in [1.165, 1.54) is 38.5 Å². The molecule has 2 rings (SSSR count). The predicted molar refractivity (Wildman–Crippen MR) is 421 cm³/mol. The van der Waals surface area contributed by atoms with E-state index in [2.05, 4.69) is 217 Å². The third-order valence-electron chi connectivity index (χ3n) is 24.7. The van der Waals surface area contributed by atoms with Gasteiger partial charge in [0.15, 0.2) is 47.4 Å². The molecule has 0 aromatic rings. The number of carbonyl (C=O) groups excluding carboxylic acids is 1. The minimum atomic E-state index is -2.44. The summed E-state index contributed by atoms with van der Waals surface area (Å²) >= 11 is 0. The summed E-state index contributed by atoms with van der Waals surface area (Å²) in [4.78, 5) is 13.0. The molecule has 0 aliphatic carbocycles. The van der Waals surface area contributed by atoms with Crippen molar-refractivity contribution in [3.05, 3.63) is 36.5 Å². The van der Waals surface area contributed by atoms with E-state index in [-0.39, 0.29) is 64.5 Å². The van der Waals surface area contributed by atoms with Crippen LogP contribution in [0.3, 0.4) is 0 Å². The molecule has 0 N–H and O–H groups in total. The molecule has 10 nitrogen and oxygen atoms in total. The van der Waals surface area contributed by atoms with Crippen LogP contribution in [0.1, 0.15) is 275 Å². The van der Waals surface area contributed by atoms with Gasteiger partial charge in [-0.05, 0) is 165 Å². The highest BCUT2D eigenvalue weighted by Gasteiger charge is 2.62. The van der Waals surface area contributed by atoms with Crippen LogP contribution in [0.2, 0.25) is 107 Å². The summed E-state index contributed by atoms with van der Waals surface area (Å²) in [6.45, 7) is 70.3. The van der Waals surface area contributed by atoms with E-state index >= 15 is 0 Å². The molecule has 0 saturated carbocycles. The lowest BCUT2D eigenvalue weighted by molar-refractivity contribution is -0.353. The number of carbonyl (C=O) groups is 1. The Labute approximate surface area is 590 Å². The standard InChI is InChI=1S/C78H158O10Si6/c1-31-41-55-67(83-89(27,28)76(20,21)22)58-64(17)59-69-74(87-92(35-5,36-6)37-7)72(86-91(32-2,33-3)34-4)66(19)73(81-69)75(88-93(38-8,39-9)40-10)78(80-26)60-70(84-90(29,30)77(23,24)25)65(18)68(82-78)56-53-51-49-47-45-43-42-44-46-48-50-52-54-57-71(79)85-94(61(11)12,62(13)14)63(15)16/h41,47,49,55,61-63,65-70,72-75H,17,31-40,42-46,48,50-54,56-60H2,1-16,18-30H3/b49-47+,55-41+/t65-,66+,67-,68-,69-,70+,72-,73-,74+,75+,78-/m1/s1. The van der Waals surface area contributed by atoms with Crippen molar-refractivity contribution in [1.82, 2.24) is 0 Å². The summed E-state index contributed by atoms with van der Waals surface area (Å²) in [6, 6.07) is 9.17. The zero-order valence-corrected chi connectivity index (χ0v) is 73.5. The molecule has 94 heavy (non-hydrogen) atoms. The van der Waals surface area contributed by atoms with Crippen molar-refractivity contribution in [2.24, 2.45) is 11.8 Å². The van der Waals surface area contributed by atoms with Gasteiger partial charge >= 0.3 is 0 Å². The summed E-state index contributed by atoms with van der Waals surface area (Å²) < 4.78 is 68.9. The average molecular weight is 1420 g/mol. The highest BCUT2D eigenvalue weighted by atomic mass is 28.4. The fourth-order valence-electron chi connectivity index (χ4n) is 15.3. The number of unbranched alkanes of at least 4 members (excludes halogenated alkanes) is 9. The van der Waals surface area contributed by atoms with Crippen molar-refractivity contribution in [2.45, 2.75) is 437 Å². The van der Waals surface area contributed by atoms with Crippen LogP contribution < -0.4 is 0 Å². The highest BCUT2D eigenvalue weighted by Crippen LogP contribution is 2.51. The third kappa shape index (κ3) is 25.0. The van der Waals surface area contributed by atoms with E-state index in [0.717, 1.165) is 105 Å². The van der Waals surface area contributed by atoms with E-state index in [1.807, 2.05) is 7.11 Å².